The zero-order valence-electron chi connectivity index (χ0n) is 26.5. The van der Waals surface area contributed by atoms with E-state index < -0.39 is 54.9 Å². The normalized spacial score (nSPS) is 15.2. The molecule has 234 valence electrons. The van der Waals surface area contributed by atoms with Gasteiger partial charge in [0.2, 0.25) is 18.7 Å². The summed E-state index contributed by atoms with van der Waals surface area (Å²) in [5.74, 6) is -2.98. The Morgan fingerprint density at radius 1 is 1.18 bits per heavy atom. The van der Waals surface area contributed by atoms with E-state index in [9.17, 15) is 38.7 Å². The van der Waals surface area contributed by atoms with E-state index in [1.807, 2.05) is 6.92 Å². The molecule has 40 heavy (non-hydrogen) atoms. The molecule has 1 rings (SSSR count). The predicted octanol–water partition coefficient (Wildman–Crippen LogP) is -2.96. The Hall–Kier alpha value is -4.37. The Morgan fingerprint density at radius 3 is 1.68 bits per heavy atom. The smallest absolute Gasteiger partial charge is 0.418 e. The number of hydrogen-bond acceptors (Lipinski definition) is 11. The van der Waals surface area contributed by atoms with Gasteiger partial charge in [0.15, 0.2) is 0 Å². The molecule has 1 aliphatic heterocycles. The topological polar surface area (TPSA) is 256 Å². The summed E-state index contributed by atoms with van der Waals surface area (Å²) >= 11 is 0. The minimum absolute atomic E-state index is 0. The van der Waals surface area contributed by atoms with Crippen LogP contribution in [0.3, 0.4) is 0 Å². The van der Waals surface area contributed by atoms with Gasteiger partial charge in [-0.25, -0.2) is 9.59 Å². The van der Waals surface area contributed by atoms with E-state index in [0.29, 0.717) is 0 Å². The van der Waals surface area contributed by atoms with Crippen LogP contribution in [0, 0.1) is 5.92 Å². The molecule has 5 N–H and O–H groups in total. The Balaban J connectivity index is -0.000000101. The molecule has 0 radical (unpaired) electrons. The molecule has 4 amide bonds. The van der Waals surface area contributed by atoms with Gasteiger partial charge in [-0.3, -0.25) is 24.1 Å². The van der Waals surface area contributed by atoms with Crippen LogP contribution in [-0.2, 0) is 43.1 Å². The van der Waals surface area contributed by atoms with Crippen molar-refractivity contribution < 1.29 is 68.0 Å². The Labute approximate surface area is 237 Å². The fourth-order valence-electron chi connectivity index (χ4n) is 1.44. The number of carbonyl (C=O) groups is 7. The maximum Gasteiger partial charge on any atom is 0.418 e. The van der Waals surface area contributed by atoms with Crippen LogP contribution < -0.4 is 16.2 Å². The van der Waals surface area contributed by atoms with Crippen molar-refractivity contribution in [3.63, 3.8) is 0 Å². The molecule has 0 saturated carbocycles. The van der Waals surface area contributed by atoms with Crippen LogP contribution in [-0.4, -0.2) is 122 Å². The molecular formula is C23H45N5O12. The number of carboxylic acid groups (broad SMARTS) is 2. The van der Waals surface area contributed by atoms with E-state index in [4.69, 9.17) is 17.4 Å². The number of ether oxygens (including phenoxy) is 1. The number of amides is 4. The largest absolute Gasteiger partial charge is 0.548 e. The lowest BCUT2D eigenvalue weighted by Gasteiger charge is -2.20. The average molecular weight is 587 g/mol. The summed E-state index contributed by atoms with van der Waals surface area (Å²) in [4.78, 5) is 91.8. The molecule has 0 aromatic rings. The van der Waals surface area contributed by atoms with Crippen molar-refractivity contribution >= 4 is 48.8 Å². The van der Waals surface area contributed by atoms with E-state index in [1.165, 1.54) is 40.0 Å². The number of nitrogens with zero attached hydrogens (tertiary/aromatic N) is 3. The monoisotopic (exact) mass is 586 g/mol. The van der Waals surface area contributed by atoms with E-state index in [-0.39, 0.29) is 19.4 Å². The number of rotatable bonds is 6. The molecule has 1 saturated heterocycles. The summed E-state index contributed by atoms with van der Waals surface area (Å²) in [6.45, 7) is 8.02. The zero-order chi connectivity index (χ0) is 34.9. The van der Waals surface area contributed by atoms with E-state index in [0.717, 1.165) is 16.2 Å². The summed E-state index contributed by atoms with van der Waals surface area (Å²) in [6.07, 6.45) is -1.49. The molecule has 1 heterocycles. The summed E-state index contributed by atoms with van der Waals surface area (Å²) < 4.78 is 17.4. The van der Waals surface area contributed by atoms with Gasteiger partial charge in [-0.1, -0.05) is 13.8 Å². The average Bonchev–Trinajstić information content (AvgIpc) is 3.17. The lowest BCUT2D eigenvalue weighted by molar-refractivity contribution is -0.325. The first-order chi connectivity index (χ1) is 19.2. The van der Waals surface area contributed by atoms with Crippen molar-refractivity contribution in [3.05, 3.63) is 0 Å². The minimum Gasteiger partial charge on any atom is -0.548 e. The molecule has 17 nitrogen and oxygen atoms in total. The molecule has 0 aromatic carbocycles. The first kappa shape index (κ1) is 40.1. The van der Waals surface area contributed by atoms with Crippen molar-refractivity contribution in [2.24, 2.45) is 5.92 Å². The van der Waals surface area contributed by atoms with E-state index in [1.54, 1.807) is 27.8 Å². The van der Waals surface area contributed by atoms with Gasteiger partial charge < -0.3 is 40.6 Å². The van der Waals surface area contributed by atoms with E-state index >= 15 is 0 Å². The quantitative estimate of drug-likeness (QED) is 0.160. The van der Waals surface area contributed by atoms with Crippen LogP contribution in [0.1, 0.15) is 45.2 Å². The molecule has 4 unspecified atom stereocenters. The maximum atomic E-state index is 10.9. The highest BCUT2D eigenvalue weighted by Crippen LogP contribution is 2.09. The fraction of sp³-hybridized carbons (Fsp3) is 0.652. The fourth-order valence-corrected chi connectivity index (χ4v) is 1.44. The van der Waals surface area contributed by atoms with Gasteiger partial charge in [0, 0.05) is 29.6 Å². The Bertz CT molecular complexity index is 884. The molecule has 1 aliphatic rings. The predicted molar refractivity (Wildman–Crippen MR) is 137 cm³/mol. The van der Waals surface area contributed by atoms with Gasteiger partial charge in [-0.2, -0.15) is 9.59 Å². The molecular weight excluding hydrogens is 538 g/mol. The summed E-state index contributed by atoms with van der Waals surface area (Å²) in [7, 11) is 7.41. The maximum absolute atomic E-state index is 10.9. The van der Waals surface area contributed by atoms with Crippen molar-refractivity contribution in [1.29, 1.82) is 0 Å². The summed E-state index contributed by atoms with van der Waals surface area (Å²) in [5, 5.41) is 20.6. The van der Waals surface area contributed by atoms with Crippen molar-refractivity contribution in [2.75, 3.05) is 35.2 Å². The molecule has 1 fully saturated rings. The molecule has 0 bridgehead atoms. The van der Waals surface area contributed by atoms with Crippen molar-refractivity contribution in [2.45, 2.75) is 59.2 Å². The van der Waals surface area contributed by atoms with Crippen LogP contribution in [0.25, 0.3) is 0 Å². The number of nitrogens with one attached hydrogen (secondary N) is 1. The summed E-state index contributed by atoms with van der Waals surface area (Å²) in [5.41, 5.74) is 3.25. The van der Waals surface area contributed by atoms with Gasteiger partial charge in [-0.05, 0) is 27.2 Å². The Morgan fingerprint density at radius 2 is 1.55 bits per heavy atom. The third-order valence-electron chi connectivity index (χ3n) is 4.85. The lowest BCUT2D eigenvalue weighted by Crippen LogP contribution is -2.43. The van der Waals surface area contributed by atoms with Gasteiger partial charge in [0.1, 0.15) is 14.8 Å². The SMILES string of the molecule is CC1C(=O)OC(=O)N1C.CCC(C)C(=O)O.C[NH3+].O=C=O.[2HH].[2H]C(=O)N(C)C(C)C(=O)NC.[2H]C(=O)N(C)C(C)C(=O)[O-]. The van der Waals surface area contributed by atoms with Gasteiger partial charge in [0.25, 0.3) is 0 Å². The van der Waals surface area contributed by atoms with Crippen molar-refractivity contribution in [1.82, 2.24) is 20.0 Å². The van der Waals surface area contributed by atoms with E-state index in [2.05, 4.69) is 15.8 Å². The van der Waals surface area contributed by atoms with Crippen LogP contribution in [0.2, 0.25) is 0 Å². The highest BCUT2D eigenvalue weighted by atomic mass is 16.6. The first-order valence-corrected chi connectivity index (χ1v) is 11.5. The number of cyclic esters (lactones) is 2. The third-order valence-corrected chi connectivity index (χ3v) is 4.85. The number of aliphatic carboxylic acids is 2. The first-order valence-electron chi connectivity index (χ1n) is 12.5. The summed E-state index contributed by atoms with van der Waals surface area (Å²) in [6, 6.07) is -2.03. The molecule has 0 aromatic heterocycles. The number of likely N-dealkylation sites (N-methyl/N-ethyl adjacent to an activating group) is 4. The van der Waals surface area contributed by atoms with Crippen LogP contribution >= 0.6 is 0 Å². The number of hydrogen-bond donors (Lipinski definition) is 3. The van der Waals surface area contributed by atoms with Gasteiger partial charge in [0.05, 0.1) is 25.0 Å². The number of carbonyl (C=O) groups excluding carboxylic acids is 8. The molecule has 0 spiro atoms. The standard InChI is InChI=1S/C6H12N2O2.C5H7NO3.C5H9NO3.C5H10O2.CH5N.CO2.H2/c1-5(6(10)7-2)8(3)4-9;1-3-4(7)9-5(8)6(3)2;1-4(5(8)9)6(2)3-7;1-3-4(2)5(6)7;1-2;2-1-3;/h4-5H,1-3H3,(H,7,10);3H,1-2H3;3-4H,1-2H3,(H,8,9);4H,3H2,1-2H3,(H,6,7);2H2,1H3;;1H/i4D;;3D;;;;1+1. The number of esters is 1. The van der Waals surface area contributed by atoms with Crippen molar-refractivity contribution in [3.8, 4) is 0 Å². The highest BCUT2D eigenvalue weighted by Gasteiger charge is 2.34. The second-order valence-electron chi connectivity index (χ2n) is 7.39. The molecule has 0 aliphatic carbocycles. The van der Waals surface area contributed by atoms with Gasteiger partial charge >= 0.3 is 24.2 Å². The number of quaternary nitrogens is 1. The van der Waals surface area contributed by atoms with Crippen LogP contribution in [0.15, 0.2) is 0 Å². The third kappa shape index (κ3) is 22.8. The second-order valence-corrected chi connectivity index (χ2v) is 7.39. The van der Waals surface area contributed by atoms with Crippen LogP contribution in [0.5, 0.6) is 0 Å². The minimum atomic E-state index is -1.36. The molecule has 4 atom stereocenters. The lowest BCUT2D eigenvalue weighted by atomic mass is 10.1. The zero-order valence-corrected chi connectivity index (χ0v) is 24.5. The Kier molecular flexibility index (Phi) is 27.8. The highest BCUT2D eigenvalue weighted by molar-refractivity contribution is 5.94. The van der Waals surface area contributed by atoms with Gasteiger partial charge in [-0.15, -0.1) is 0 Å². The second kappa shape index (κ2) is 27.7. The molecule has 17 heteroatoms. The van der Waals surface area contributed by atoms with Crippen LogP contribution in [0.4, 0.5) is 4.79 Å². The number of carboxylic acids is 2.